The molecule has 0 spiro atoms. The lowest BCUT2D eigenvalue weighted by Gasteiger charge is -2.37. The minimum Gasteiger partial charge on any atom is -0.399 e. The van der Waals surface area contributed by atoms with Gasteiger partial charge in [0, 0.05) is 18.8 Å². The fourth-order valence-electron chi connectivity index (χ4n) is 2.49. The fraction of sp³-hybridized carbons (Fsp3) is 0.538. The van der Waals surface area contributed by atoms with E-state index in [0.29, 0.717) is 24.5 Å². The number of nitrogens with two attached hydrogens (primary N) is 1. The second kappa shape index (κ2) is 5.59. The molecule has 1 aromatic carbocycles. The van der Waals surface area contributed by atoms with Crippen LogP contribution in [0.15, 0.2) is 23.1 Å². The molecule has 2 atom stereocenters. The number of hydrogen-bond donors (Lipinski definition) is 2. The Labute approximate surface area is 120 Å². The van der Waals surface area contributed by atoms with Gasteiger partial charge >= 0.3 is 0 Å². The van der Waals surface area contributed by atoms with Gasteiger partial charge < -0.3 is 15.4 Å². The van der Waals surface area contributed by atoms with Gasteiger partial charge in [0.05, 0.1) is 17.9 Å². The predicted octanol–water partition coefficient (Wildman–Crippen LogP) is 0.790. The molecule has 0 radical (unpaired) electrons. The number of benzene rings is 1. The van der Waals surface area contributed by atoms with E-state index in [0.717, 1.165) is 0 Å². The van der Waals surface area contributed by atoms with Crippen LogP contribution in [0.2, 0.25) is 0 Å². The molecule has 0 amide bonds. The zero-order valence-electron chi connectivity index (χ0n) is 12.0. The van der Waals surface area contributed by atoms with Crippen molar-refractivity contribution in [1.82, 2.24) is 4.72 Å². The van der Waals surface area contributed by atoms with Crippen LogP contribution in [-0.2, 0) is 14.8 Å². The number of ether oxygens (including phenoxy) is 1. The molecule has 0 bridgehead atoms. The van der Waals surface area contributed by atoms with Gasteiger partial charge in [-0.2, -0.15) is 0 Å². The van der Waals surface area contributed by atoms with E-state index in [1.165, 1.54) is 13.1 Å². The summed E-state index contributed by atoms with van der Waals surface area (Å²) in [6.07, 6.45) is 0.114. The maximum Gasteiger partial charge on any atom is 0.242 e. The van der Waals surface area contributed by atoms with E-state index in [1.807, 2.05) is 18.7 Å². The lowest BCUT2D eigenvalue weighted by molar-refractivity contribution is -0.00537. The zero-order chi connectivity index (χ0) is 14.9. The van der Waals surface area contributed by atoms with Crippen LogP contribution in [0.4, 0.5) is 11.4 Å². The summed E-state index contributed by atoms with van der Waals surface area (Å²) in [5, 5.41) is 0. The van der Waals surface area contributed by atoms with Crippen molar-refractivity contribution in [3.05, 3.63) is 18.2 Å². The standard InChI is InChI=1S/C13H21N3O3S/c1-9-7-16(8-10(2)19-9)12-5-4-11(14)6-13(12)20(17,18)15-3/h4-6,9-10,15H,7-8,14H2,1-3H3. The Bertz CT molecular complexity index is 579. The highest BCUT2D eigenvalue weighted by Crippen LogP contribution is 2.29. The zero-order valence-corrected chi connectivity index (χ0v) is 12.8. The van der Waals surface area contributed by atoms with Crippen molar-refractivity contribution >= 4 is 21.4 Å². The summed E-state index contributed by atoms with van der Waals surface area (Å²) >= 11 is 0. The van der Waals surface area contributed by atoms with Gasteiger partial charge in [-0.25, -0.2) is 13.1 Å². The number of hydrogen-bond acceptors (Lipinski definition) is 5. The Balaban J connectivity index is 2.46. The molecule has 0 aliphatic carbocycles. The molecule has 1 aliphatic rings. The number of anilines is 2. The van der Waals surface area contributed by atoms with Crippen molar-refractivity contribution in [2.75, 3.05) is 30.8 Å². The number of nitrogens with zero attached hydrogens (tertiary/aromatic N) is 1. The SMILES string of the molecule is CNS(=O)(=O)c1cc(N)ccc1N1CC(C)OC(C)C1. The first-order chi connectivity index (χ1) is 9.33. The molecule has 6 nitrogen and oxygen atoms in total. The van der Waals surface area contributed by atoms with Crippen LogP contribution in [0, 0.1) is 0 Å². The van der Waals surface area contributed by atoms with Gasteiger partial charge in [-0.3, -0.25) is 0 Å². The van der Waals surface area contributed by atoms with Crippen molar-refractivity contribution in [3.8, 4) is 0 Å². The first kappa shape index (κ1) is 15.1. The molecule has 3 N–H and O–H groups in total. The molecule has 2 unspecified atom stereocenters. The minimum absolute atomic E-state index is 0.0569. The summed E-state index contributed by atoms with van der Waals surface area (Å²) in [4.78, 5) is 2.24. The minimum atomic E-state index is -3.55. The monoisotopic (exact) mass is 299 g/mol. The summed E-state index contributed by atoms with van der Waals surface area (Å²) in [5.74, 6) is 0. The molecule has 0 saturated carbocycles. The molecular formula is C13H21N3O3S. The van der Waals surface area contributed by atoms with E-state index in [9.17, 15) is 8.42 Å². The molecule has 20 heavy (non-hydrogen) atoms. The van der Waals surface area contributed by atoms with Gasteiger partial charge in [-0.1, -0.05) is 0 Å². The van der Waals surface area contributed by atoms with Crippen LogP contribution in [0.3, 0.4) is 0 Å². The van der Waals surface area contributed by atoms with Crippen LogP contribution >= 0.6 is 0 Å². The molecule has 2 rings (SSSR count). The Hall–Kier alpha value is -1.31. The van der Waals surface area contributed by atoms with Crippen molar-refractivity contribution in [2.45, 2.75) is 31.0 Å². The lowest BCUT2D eigenvalue weighted by atomic mass is 10.2. The van der Waals surface area contributed by atoms with Gasteiger partial charge in [-0.15, -0.1) is 0 Å². The van der Waals surface area contributed by atoms with Crippen molar-refractivity contribution in [3.63, 3.8) is 0 Å². The summed E-state index contributed by atoms with van der Waals surface area (Å²) in [6, 6.07) is 4.96. The highest BCUT2D eigenvalue weighted by atomic mass is 32.2. The predicted molar refractivity (Wildman–Crippen MR) is 79.3 cm³/mol. The van der Waals surface area contributed by atoms with E-state index < -0.39 is 10.0 Å². The average molecular weight is 299 g/mol. The summed E-state index contributed by atoms with van der Waals surface area (Å²) in [7, 11) is -2.15. The highest BCUT2D eigenvalue weighted by molar-refractivity contribution is 7.89. The third-order valence-electron chi connectivity index (χ3n) is 3.30. The first-order valence-corrected chi connectivity index (χ1v) is 8.05. The number of rotatable bonds is 3. The van der Waals surface area contributed by atoms with E-state index in [1.54, 1.807) is 12.1 Å². The maximum atomic E-state index is 12.2. The van der Waals surface area contributed by atoms with Gasteiger partial charge in [-0.05, 0) is 39.1 Å². The molecule has 0 aromatic heterocycles. The quantitative estimate of drug-likeness (QED) is 0.806. The van der Waals surface area contributed by atoms with Crippen LogP contribution in [-0.4, -0.2) is 40.8 Å². The number of nitrogen functional groups attached to an aromatic ring is 1. The summed E-state index contributed by atoms with van der Waals surface area (Å²) in [5.41, 5.74) is 6.82. The average Bonchev–Trinajstić information content (AvgIpc) is 2.37. The smallest absolute Gasteiger partial charge is 0.242 e. The van der Waals surface area contributed by atoms with E-state index in [4.69, 9.17) is 10.5 Å². The normalized spacial score (nSPS) is 23.9. The highest BCUT2D eigenvalue weighted by Gasteiger charge is 2.27. The molecule has 7 heteroatoms. The second-order valence-electron chi connectivity index (χ2n) is 5.10. The largest absolute Gasteiger partial charge is 0.399 e. The van der Waals surface area contributed by atoms with Crippen LogP contribution in [0.5, 0.6) is 0 Å². The summed E-state index contributed by atoms with van der Waals surface area (Å²) < 4.78 is 32.3. The Morgan fingerprint density at radius 3 is 2.45 bits per heavy atom. The van der Waals surface area contributed by atoms with E-state index >= 15 is 0 Å². The third-order valence-corrected chi connectivity index (χ3v) is 4.75. The van der Waals surface area contributed by atoms with Gasteiger partial charge in [0.15, 0.2) is 0 Å². The van der Waals surface area contributed by atoms with E-state index in [2.05, 4.69) is 4.72 Å². The molecule has 1 saturated heterocycles. The van der Waals surface area contributed by atoms with Crippen LogP contribution < -0.4 is 15.4 Å². The molecule has 1 fully saturated rings. The molecule has 1 aliphatic heterocycles. The Morgan fingerprint density at radius 1 is 1.30 bits per heavy atom. The van der Waals surface area contributed by atoms with Crippen molar-refractivity contribution in [1.29, 1.82) is 0 Å². The van der Waals surface area contributed by atoms with E-state index in [-0.39, 0.29) is 17.1 Å². The Kier molecular flexibility index (Phi) is 4.22. The molecule has 1 aromatic rings. The lowest BCUT2D eigenvalue weighted by Crippen LogP contribution is -2.46. The number of morpholine rings is 1. The van der Waals surface area contributed by atoms with Crippen molar-refractivity contribution < 1.29 is 13.2 Å². The third kappa shape index (κ3) is 3.05. The summed E-state index contributed by atoms with van der Waals surface area (Å²) in [6.45, 7) is 5.26. The molecular weight excluding hydrogens is 278 g/mol. The topological polar surface area (TPSA) is 84.7 Å². The molecule has 112 valence electrons. The van der Waals surface area contributed by atoms with Gasteiger partial charge in [0.2, 0.25) is 10.0 Å². The van der Waals surface area contributed by atoms with Crippen LogP contribution in [0.1, 0.15) is 13.8 Å². The first-order valence-electron chi connectivity index (χ1n) is 6.57. The fourth-order valence-corrected chi connectivity index (χ4v) is 3.48. The number of nitrogens with one attached hydrogen (secondary N) is 1. The maximum absolute atomic E-state index is 12.2. The number of sulfonamides is 1. The van der Waals surface area contributed by atoms with Gasteiger partial charge in [0.25, 0.3) is 0 Å². The second-order valence-corrected chi connectivity index (χ2v) is 6.95. The van der Waals surface area contributed by atoms with Crippen LogP contribution in [0.25, 0.3) is 0 Å². The Morgan fingerprint density at radius 2 is 1.90 bits per heavy atom. The van der Waals surface area contributed by atoms with Crippen molar-refractivity contribution in [2.24, 2.45) is 0 Å². The molecule has 1 heterocycles. The van der Waals surface area contributed by atoms with Gasteiger partial charge in [0.1, 0.15) is 4.90 Å².